The number of nitrogens with zero attached hydrogens (tertiary/aromatic N) is 2. The highest BCUT2D eigenvalue weighted by Crippen LogP contribution is 2.41. The maximum Gasteiger partial charge on any atom is 0.272 e. The lowest BCUT2D eigenvalue weighted by Gasteiger charge is -2.26. The van der Waals surface area contributed by atoms with E-state index in [1.54, 1.807) is 42.5 Å². The summed E-state index contributed by atoms with van der Waals surface area (Å²) in [4.78, 5) is 45.2. The van der Waals surface area contributed by atoms with E-state index < -0.39 is 17.1 Å². The maximum atomic E-state index is 14.2. The third kappa shape index (κ3) is 9.47. The third-order valence-corrected chi connectivity index (χ3v) is 11.4. The molecule has 1 atom stereocenters. The average Bonchev–Trinajstić information content (AvgIpc) is 3.57. The van der Waals surface area contributed by atoms with Crippen LogP contribution in [0.25, 0.3) is 6.08 Å². The molecule has 7 rings (SSSR count). The van der Waals surface area contributed by atoms with Crippen LogP contribution in [0.15, 0.2) is 156 Å². The molecule has 0 aliphatic carbocycles. The zero-order valence-corrected chi connectivity index (χ0v) is 31.4. The Morgan fingerprint density at radius 1 is 0.818 bits per heavy atom. The number of thiophene rings is 1. The summed E-state index contributed by atoms with van der Waals surface area (Å²) in [7, 11) is 0. The Morgan fingerprint density at radius 3 is 2.20 bits per heavy atom. The molecular weight excluding hydrogens is 723 g/mol. The van der Waals surface area contributed by atoms with Gasteiger partial charge in [0, 0.05) is 40.7 Å². The van der Waals surface area contributed by atoms with Gasteiger partial charge in [-0.15, -0.1) is 23.1 Å². The molecule has 0 saturated carbocycles. The van der Waals surface area contributed by atoms with E-state index in [4.69, 9.17) is 0 Å². The first-order valence-corrected chi connectivity index (χ1v) is 19.5. The smallest absolute Gasteiger partial charge is 0.272 e. The lowest BCUT2D eigenvalue weighted by Crippen LogP contribution is -2.30. The molecule has 0 fully saturated rings. The summed E-state index contributed by atoms with van der Waals surface area (Å²) in [6.07, 6.45) is 2.37. The Labute approximate surface area is 328 Å². The molecule has 1 aliphatic rings. The molecular formula is C45H37N5O3S2. The number of thioether (sulfide) groups is 1. The summed E-state index contributed by atoms with van der Waals surface area (Å²) in [6, 6.07) is 47.5. The van der Waals surface area contributed by atoms with Crippen molar-refractivity contribution in [1.29, 1.82) is 5.26 Å². The Kier molecular flexibility index (Phi) is 11.9. The van der Waals surface area contributed by atoms with Gasteiger partial charge in [0.05, 0.1) is 5.56 Å². The molecule has 1 aliphatic heterocycles. The van der Waals surface area contributed by atoms with Crippen molar-refractivity contribution in [3.63, 3.8) is 0 Å². The fourth-order valence-corrected chi connectivity index (χ4v) is 8.68. The van der Waals surface area contributed by atoms with Gasteiger partial charge in [0.25, 0.3) is 11.8 Å². The van der Waals surface area contributed by atoms with Crippen molar-refractivity contribution in [1.82, 2.24) is 10.2 Å². The van der Waals surface area contributed by atoms with Crippen molar-refractivity contribution < 1.29 is 14.4 Å². The van der Waals surface area contributed by atoms with Crippen molar-refractivity contribution >= 4 is 57.6 Å². The topological polar surface area (TPSA) is 114 Å². The number of carbonyl (C=O) groups is 3. The highest BCUT2D eigenvalue weighted by atomic mass is 32.2. The molecule has 0 radical (unpaired) electrons. The molecule has 3 amide bonds. The van der Waals surface area contributed by atoms with E-state index in [0.29, 0.717) is 28.4 Å². The number of hydrogen-bond donors (Lipinski definition) is 3. The summed E-state index contributed by atoms with van der Waals surface area (Å²) in [6.45, 7) is 2.37. The zero-order valence-electron chi connectivity index (χ0n) is 29.8. The Balaban J connectivity index is 1.09. The minimum atomic E-state index is -0.661. The van der Waals surface area contributed by atoms with Crippen molar-refractivity contribution in [2.24, 2.45) is 0 Å². The van der Waals surface area contributed by atoms with Crippen LogP contribution in [-0.4, -0.2) is 29.2 Å². The molecule has 10 heteroatoms. The van der Waals surface area contributed by atoms with Gasteiger partial charge in [0.2, 0.25) is 5.91 Å². The predicted octanol–water partition coefficient (Wildman–Crippen LogP) is 9.06. The predicted molar refractivity (Wildman–Crippen MR) is 220 cm³/mol. The first-order chi connectivity index (χ1) is 26.9. The first kappa shape index (κ1) is 37.1. The largest absolute Gasteiger partial charge is 0.321 e. The van der Waals surface area contributed by atoms with Crippen LogP contribution in [0.4, 0.5) is 10.7 Å². The quantitative estimate of drug-likeness (QED) is 0.0848. The fourth-order valence-electron chi connectivity index (χ4n) is 6.36. The standard InChI is InChI=1S/C45H37N5O3S2/c46-28-38-37-24-25-50(29-32-16-7-2-8-17-32)30-40(37)55-45(38)49-44(53)41(33-18-9-3-10-19-33)54-36-23-13-22-35(27-36)47-43(52)39(26-31-14-5-1-6-15-31)48-42(51)34-20-11-4-12-21-34/h1-23,26-27,41H,24-25,29-30H2,(H,47,52)(H,48,51)(H,49,53)/b39-26-. The van der Waals surface area contributed by atoms with E-state index in [1.165, 1.54) is 28.7 Å². The number of nitriles is 1. The van der Waals surface area contributed by atoms with E-state index in [2.05, 4.69) is 39.1 Å². The summed E-state index contributed by atoms with van der Waals surface area (Å²) < 4.78 is 0. The molecule has 2 heterocycles. The molecule has 8 nitrogen and oxygen atoms in total. The average molecular weight is 760 g/mol. The van der Waals surface area contributed by atoms with E-state index in [-0.39, 0.29) is 11.6 Å². The van der Waals surface area contributed by atoms with Gasteiger partial charge < -0.3 is 16.0 Å². The Morgan fingerprint density at radius 2 is 1.49 bits per heavy atom. The fraction of sp³-hybridized carbons (Fsp3) is 0.111. The second-order valence-corrected chi connectivity index (χ2v) is 15.2. The number of amides is 3. The van der Waals surface area contributed by atoms with Crippen LogP contribution < -0.4 is 16.0 Å². The molecule has 5 aromatic carbocycles. The molecule has 3 N–H and O–H groups in total. The van der Waals surface area contributed by atoms with Gasteiger partial charge in [0.1, 0.15) is 22.0 Å². The van der Waals surface area contributed by atoms with E-state index in [9.17, 15) is 19.6 Å². The minimum absolute atomic E-state index is 0.0785. The molecule has 272 valence electrons. The van der Waals surface area contributed by atoms with Crippen molar-refractivity contribution in [3.05, 3.63) is 190 Å². The highest BCUT2D eigenvalue weighted by molar-refractivity contribution is 8.00. The molecule has 0 bridgehead atoms. The number of carbonyl (C=O) groups excluding carboxylic acids is 3. The van der Waals surface area contributed by atoms with Gasteiger partial charge in [-0.25, -0.2) is 0 Å². The third-order valence-electron chi connectivity index (χ3n) is 9.06. The SMILES string of the molecule is N#Cc1c(NC(=O)C(Sc2cccc(NC(=O)/C(=C/c3ccccc3)NC(=O)c3ccccc3)c2)c2ccccc2)sc2c1CCN(Cc1ccccc1)C2. The van der Waals surface area contributed by atoms with Crippen LogP contribution in [0, 0.1) is 11.3 Å². The number of anilines is 2. The Hall–Kier alpha value is -6.25. The maximum absolute atomic E-state index is 14.2. The van der Waals surface area contributed by atoms with Gasteiger partial charge in [-0.3, -0.25) is 19.3 Å². The first-order valence-electron chi connectivity index (χ1n) is 17.8. The van der Waals surface area contributed by atoms with Crippen LogP contribution in [-0.2, 0) is 29.1 Å². The molecule has 1 unspecified atom stereocenters. The van der Waals surface area contributed by atoms with Crippen LogP contribution in [0.5, 0.6) is 0 Å². The molecule has 0 saturated heterocycles. The van der Waals surface area contributed by atoms with Crippen LogP contribution in [0.1, 0.15) is 48.3 Å². The Bertz CT molecular complexity index is 2360. The van der Waals surface area contributed by atoms with Gasteiger partial charge in [-0.2, -0.15) is 5.26 Å². The summed E-state index contributed by atoms with van der Waals surface area (Å²) >= 11 is 2.82. The van der Waals surface area contributed by atoms with E-state index in [0.717, 1.165) is 46.0 Å². The number of hydrogen-bond acceptors (Lipinski definition) is 7. The summed E-state index contributed by atoms with van der Waals surface area (Å²) in [5, 5.41) is 19.0. The number of benzene rings is 5. The van der Waals surface area contributed by atoms with Crippen LogP contribution in [0.2, 0.25) is 0 Å². The summed E-state index contributed by atoms with van der Waals surface area (Å²) in [5.41, 5.74) is 5.33. The van der Waals surface area contributed by atoms with Gasteiger partial charge in [0.15, 0.2) is 0 Å². The minimum Gasteiger partial charge on any atom is -0.321 e. The molecule has 6 aromatic rings. The monoisotopic (exact) mass is 759 g/mol. The molecule has 1 aromatic heterocycles. The summed E-state index contributed by atoms with van der Waals surface area (Å²) in [5.74, 6) is -1.16. The lowest BCUT2D eigenvalue weighted by molar-refractivity contribution is -0.116. The molecule has 55 heavy (non-hydrogen) atoms. The number of fused-ring (bicyclic) bond motifs is 1. The van der Waals surface area contributed by atoms with Crippen molar-refractivity contribution in [2.75, 3.05) is 17.2 Å². The number of nitrogens with one attached hydrogen (secondary N) is 3. The zero-order chi connectivity index (χ0) is 38.0. The van der Waals surface area contributed by atoms with Gasteiger partial charge >= 0.3 is 0 Å². The van der Waals surface area contributed by atoms with Crippen LogP contribution >= 0.6 is 23.1 Å². The van der Waals surface area contributed by atoms with Gasteiger partial charge in [-0.05, 0) is 65.1 Å². The normalized spacial score (nSPS) is 13.2. The van der Waals surface area contributed by atoms with Crippen LogP contribution in [0.3, 0.4) is 0 Å². The van der Waals surface area contributed by atoms with E-state index >= 15 is 0 Å². The van der Waals surface area contributed by atoms with Gasteiger partial charge in [-0.1, -0.05) is 115 Å². The van der Waals surface area contributed by atoms with Crippen molar-refractivity contribution in [2.45, 2.75) is 29.7 Å². The second kappa shape index (κ2) is 17.7. The lowest BCUT2D eigenvalue weighted by atomic mass is 10.0. The molecule has 0 spiro atoms. The van der Waals surface area contributed by atoms with Crippen molar-refractivity contribution in [3.8, 4) is 6.07 Å². The van der Waals surface area contributed by atoms with E-state index in [1.807, 2.05) is 97.1 Å². The number of rotatable bonds is 12. The second-order valence-electron chi connectivity index (χ2n) is 12.9. The highest BCUT2D eigenvalue weighted by Gasteiger charge is 2.28.